The zero-order valence-electron chi connectivity index (χ0n) is 26.2. The summed E-state index contributed by atoms with van der Waals surface area (Å²) < 4.78 is 11.8. The highest BCUT2D eigenvalue weighted by molar-refractivity contribution is 6.01. The van der Waals surface area contributed by atoms with Crippen LogP contribution in [0.1, 0.15) is 74.9 Å². The van der Waals surface area contributed by atoms with Crippen LogP contribution in [0.25, 0.3) is 0 Å². The molecule has 1 aliphatic heterocycles. The van der Waals surface area contributed by atoms with Crippen LogP contribution in [0, 0.1) is 12.8 Å². The van der Waals surface area contributed by atoms with Gasteiger partial charge in [0.15, 0.2) is 0 Å². The van der Waals surface area contributed by atoms with Gasteiger partial charge >= 0.3 is 0 Å². The van der Waals surface area contributed by atoms with Gasteiger partial charge in [-0.1, -0.05) is 52.0 Å². The van der Waals surface area contributed by atoms with Crippen molar-refractivity contribution in [1.82, 2.24) is 20.9 Å². The third-order valence-corrected chi connectivity index (χ3v) is 7.33. The first-order valence-electron chi connectivity index (χ1n) is 15.1. The SMILES string of the molecule is CCN1CCOc2ccccc2C(=O)N[C@H](C(=O)NCCOc2cc(C(C)C)ccc2C)CC(=O)N[C@@H](CC(C)C)C1=O. The fourth-order valence-corrected chi connectivity index (χ4v) is 4.86. The molecule has 0 aromatic heterocycles. The molecular weight excluding hydrogens is 548 g/mol. The highest BCUT2D eigenvalue weighted by Crippen LogP contribution is 2.24. The van der Waals surface area contributed by atoms with Crippen molar-refractivity contribution in [3.05, 3.63) is 59.2 Å². The van der Waals surface area contributed by atoms with E-state index < -0.39 is 29.8 Å². The quantitative estimate of drug-likeness (QED) is 0.381. The van der Waals surface area contributed by atoms with E-state index in [4.69, 9.17) is 9.47 Å². The van der Waals surface area contributed by atoms with Gasteiger partial charge in [0.25, 0.3) is 5.91 Å². The van der Waals surface area contributed by atoms with Crippen molar-refractivity contribution in [2.45, 2.75) is 72.4 Å². The number of fused-ring (bicyclic) bond motifs is 1. The molecule has 3 rings (SSSR count). The third-order valence-electron chi connectivity index (χ3n) is 7.33. The van der Waals surface area contributed by atoms with Crippen LogP contribution in [0.15, 0.2) is 42.5 Å². The molecule has 0 bridgehead atoms. The summed E-state index contributed by atoms with van der Waals surface area (Å²) in [5.74, 6) is -0.235. The first-order chi connectivity index (χ1) is 20.5. The molecule has 0 fully saturated rings. The molecule has 10 nitrogen and oxygen atoms in total. The number of ether oxygens (including phenoxy) is 2. The summed E-state index contributed by atoms with van der Waals surface area (Å²) in [6, 6.07) is 10.8. The number of rotatable bonds is 9. The topological polar surface area (TPSA) is 126 Å². The number of likely N-dealkylation sites (N-methyl/N-ethyl adjacent to an activating group) is 1. The van der Waals surface area contributed by atoms with Crippen molar-refractivity contribution in [3.63, 3.8) is 0 Å². The monoisotopic (exact) mass is 594 g/mol. The number of amides is 4. The van der Waals surface area contributed by atoms with E-state index in [1.807, 2.05) is 39.8 Å². The first kappa shape index (κ1) is 33.4. The van der Waals surface area contributed by atoms with E-state index in [2.05, 4.69) is 35.9 Å². The molecule has 10 heteroatoms. The zero-order chi connectivity index (χ0) is 31.5. The molecule has 0 unspecified atom stereocenters. The molecule has 0 saturated heterocycles. The van der Waals surface area contributed by atoms with Crippen LogP contribution in [0.3, 0.4) is 0 Å². The minimum absolute atomic E-state index is 0.138. The van der Waals surface area contributed by atoms with Crippen LogP contribution in [-0.2, 0) is 14.4 Å². The Kier molecular flexibility index (Phi) is 12.4. The third kappa shape index (κ3) is 9.73. The highest BCUT2D eigenvalue weighted by atomic mass is 16.5. The Balaban J connectivity index is 1.78. The molecule has 2 atom stereocenters. The van der Waals surface area contributed by atoms with Crippen molar-refractivity contribution >= 4 is 23.6 Å². The molecule has 1 aliphatic rings. The summed E-state index contributed by atoms with van der Waals surface area (Å²) in [6.45, 7) is 13.2. The maximum absolute atomic E-state index is 13.4. The van der Waals surface area contributed by atoms with Gasteiger partial charge in [-0.3, -0.25) is 19.2 Å². The number of benzene rings is 2. The maximum atomic E-state index is 13.4. The van der Waals surface area contributed by atoms with E-state index in [1.54, 1.807) is 29.2 Å². The molecule has 1 heterocycles. The first-order valence-corrected chi connectivity index (χ1v) is 15.1. The molecule has 2 aromatic carbocycles. The number of carbonyl (C=O) groups is 4. The number of aryl methyl sites for hydroxylation is 1. The van der Waals surface area contributed by atoms with Crippen LogP contribution in [0.4, 0.5) is 0 Å². The van der Waals surface area contributed by atoms with Gasteiger partial charge in [0, 0.05) is 6.54 Å². The number of para-hydroxylation sites is 1. The Bertz CT molecular complexity index is 1280. The Morgan fingerprint density at radius 3 is 2.53 bits per heavy atom. The summed E-state index contributed by atoms with van der Waals surface area (Å²) >= 11 is 0. The van der Waals surface area contributed by atoms with Crippen molar-refractivity contribution in [1.29, 1.82) is 0 Å². The van der Waals surface area contributed by atoms with Gasteiger partial charge < -0.3 is 30.3 Å². The van der Waals surface area contributed by atoms with Crippen LogP contribution < -0.4 is 25.4 Å². The molecule has 0 radical (unpaired) electrons. The van der Waals surface area contributed by atoms with Crippen molar-refractivity contribution in [3.8, 4) is 11.5 Å². The minimum Gasteiger partial charge on any atom is -0.491 e. The van der Waals surface area contributed by atoms with Gasteiger partial charge in [-0.25, -0.2) is 0 Å². The number of nitrogens with one attached hydrogen (secondary N) is 3. The van der Waals surface area contributed by atoms with Gasteiger partial charge in [0.05, 0.1) is 25.1 Å². The van der Waals surface area contributed by atoms with Gasteiger partial charge in [0.1, 0.15) is 36.8 Å². The zero-order valence-corrected chi connectivity index (χ0v) is 26.2. The predicted octanol–water partition coefficient (Wildman–Crippen LogP) is 3.57. The largest absolute Gasteiger partial charge is 0.491 e. The fraction of sp³-hybridized carbons (Fsp3) is 0.515. The van der Waals surface area contributed by atoms with Crippen LogP contribution >= 0.6 is 0 Å². The highest BCUT2D eigenvalue weighted by Gasteiger charge is 2.30. The summed E-state index contributed by atoms with van der Waals surface area (Å²) in [4.78, 5) is 54.9. The predicted molar refractivity (Wildman–Crippen MR) is 165 cm³/mol. The lowest BCUT2D eigenvalue weighted by atomic mass is 10.0. The second kappa shape index (κ2) is 16.0. The van der Waals surface area contributed by atoms with Gasteiger partial charge in [-0.05, 0) is 61.4 Å². The average Bonchev–Trinajstić information content (AvgIpc) is 2.96. The molecular formula is C33H46N4O6. The molecule has 2 aromatic rings. The van der Waals surface area contributed by atoms with Crippen LogP contribution in [0.2, 0.25) is 0 Å². The van der Waals surface area contributed by atoms with E-state index >= 15 is 0 Å². The Morgan fingerprint density at radius 2 is 1.84 bits per heavy atom. The van der Waals surface area contributed by atoms with E-state index in [9.17, 15) is 19.2 Å². The standard InChI is InChI=1S/C33H46N4O6/c1-7-37-15-17-43-28-11-9-8-10-25(28)31(39)36-26(20-30(38)35-27(33(37)41)18-21(2)3)32(40)34-14-16-42-29-19-24(22(4)5)13-12-23(29)6/h8-13,19,21-22,26-27H,7,14-18,20H2,1-6H3,(H,34,40)(H,35,38)(H,36,39)/t26-,27-/m0/s1. The number of carbonyl (C=O) groups excluding carboxylic acids is 4. The van der Waals surface area contributed by atoms with Gasteiger partial charge in [0.2, 0.25) is 17.7 Å². The average molecular weight is 595 g/mol. The van der Waals surface area contributed by atoms with Crippen molar-refractivity contribution in [2.24, 2.45) is 5.92 Å². The van der Waals surface area contributed by atoms with Crippen LogP contribution in [0.5, 0.6) is 11.5 Å². The summed E-state index contributed by atoms with van der Waals surface area (Å²) in [6.07, 6.45) is 0.0910. The number of hydrogen-bond donors (Lipinski definition) is 3. The summed E-state index contributed by atoms with van der Waals surface area (Å²) in [5, 5.41) is 8.30. The lowest BCUT2D eigenvalue weighted by molar-refractivity contribution is -0.137. The second-order valence-corrected chi connectivity index (χ2v) is 11.6. The second-order valence-electron chi connectivity index (χ2n) is 11.6. The Morgan fingerprint density at radius 1 is 1.09 bits per heavy atom. The van der Waals surface area contributed by atoms with E-state index in [0.29, 0.717) is 31.2 Å². The molecule has 0 saturated carbocycles. The molecule has 0 aliphatic carbocycles. The van der Waals surface area contributed by atoms with E-state index in [-0.39, 0.29) is 43.6 Å². The Hall–Kier alpha value is -4.08. The molecule has 43 heavy (non-hydrogen) atoms. The fourth-order valence-electron chi connectivity index (χ4n) is 4.86. The van der Waals surface area contributed by atoms with E-state index in [0.717, 1.165) is 16.9 Å². The normalized spacial score (nSPS) is 18.3. The molecule has 0 spiro atoms. The summed E-state index contributed by atoms with van der Waals surface area (Å²) in [5.41, 5.74) is 2.37. The molecule has 234 valence electrons. The lowest BCUT2D eigenvalue weighted by Crippen LogP contribution is -2.53. The number of hydrogen-bond acceptors (Lipinski definition) is 6. The Labute approximate surface area is 254 Å². The summed E-state index contributed by atoms with van der Waals surface area (Å²) in [7, 11) is 0. The molecule has 4 amide bonds. The maximum Gasteiger partial charge on any atom is 0.255 e. The molecule has 3 N–H and O–H groups in total. The van der Waals surface area contributed by atoms with Gasteiger partial charge in [-0.15, -0.1) is 0 Å². The minimum atomic E-state index is -1.19. The lowest BCUT2D eigenvalue weighted by Gasteiger charge is -2.29. The van der Waals surface area contributed by atoms with Gasteiger partial charge in [-0.2, -0.15) is 0 Å². The van der Waals surface area contributed by atoms with Crippen LogP contribution in [-0.4, -0.2) is 73.5 Å². The number of nitrogens with zero attached hydrogens (tertiary/aromatic N) is 1. The smallest absolute Gasteiger partial charge is 0.255 e. The van der Waals surface area contributed by atoms with E-state index in [1.165, 1.54) is 0 Å². The van der Waals surface area contributed by atoms with Crippen molar-refractivity contribution < 1.29 is 28.7 Å². The van der Waals surface area contributed by atoms with Crippen molar-refractivity contribution in [2.75, 3.05) is 32.8 Å².